The van der Waals surface area contributed by atoms with E-state index in [-0.39, 0.29) is 5.56 Å². The summed E-state index contributed by atoms with van der Waals surface area (Å²) in [4.78, 5) is 10.8. The maximum atomic E-state index is 10.8. The maximum Gasteiger partial charge on any atom is 0.339 e. The van der Waals surface area contributed by atoms with Crippen LogP contribution in [0.5, 0.6) is 0 Å². The van der Waals surface area contributed by atoms with Crippen LogP contribution in [0.25, 0.3) is 11.0 Å². The van der Waals surface area contributed by atoms with Crippen LogP contribution in [-0.2, 0) is 5.33 Å². The fourth-order valence-electron chi connectivity index (χ4n) is 1.35. The molecule has 0 aliphatic carbocycles. The Morgan fingerprint density at radius 1 is 1.50 bits per heavy atom. The van der Waals surface area contributed by atoms with Crippen LogP contribution in [0.1, 0.15) is 16.1 Å². The molecule has 0 aliphatic heterocycles. The van der Waals surface area contributed by atoms with E-state index in [1.54, 1.807) is 6.07 Å². The zero-order valence-electron chi connectivity index (χ0n) is 7.16. The molecule has 0 saturated carbocycles. The Morgan fingerprint density at radius 3 is 2.93 bits per heavy atom. The van der Waals surface area contributed by atoms with E-state index in [0.29, 0.717) is 10.9 Å². The van der Waals surface area contributed by atoms with Crippen LogP contribution < -0.4 is 0 Å². The van der Waals surface area contributed by atoms with Gasteiger partial charge in [0, 0.05) is 5.39 Å². The van der Waals surface area contributed by atoms with Crippen molar-refractivity contribution in [3.8, 4) is 0 Å². The highest BCUT2D eigenvalue weighted by atomic mass is 79.9. The summed E-state index contributed by atoms with van der Waals surface area (Å²) in [5.74, 6) is -0.236. The van der Waals surface area contributed by atoms with Gasteiger partial charge in [0.1, 0.15) is 16.9 Å². The molecule has 0 amide bonds. The Hall–Kier alpha value is -1.29. The number of carboxylic acids is 1. The summed E-state index contributed by atoms with van der Waals surface area (Å²) in [7, 11) is 0. The molecular formula is C10H7BrO3. The Morgan fingerprint density at radius 2 is 2.29 bits per heavy atom. The Labute approximate surface area is 88.5 Å². The number of rotatable bonds is 2. The Bertz CT molecular complexity index is 487. The fraction of sp³-hybridized carbons (Fsp3) is 0.100. The van der Waals surface area contributed by atoms with E-state index < -0.39 is 5.97 Å². The van der Waals surface area contributed by atoms with Gasteiger partial charge in [-0.25, -0.2) is 4.79 Å². The molecule has 0 saturated heterocycles. The normalized spacial score (nSPS) is 10.6. The number of furan rings is 1. The predicted molar refractivity (Wildman–Crippen MR) is 55.8 cm³/mol. The van der Waals surface area contributed by atoms with Crippen molar-refractivity contribution in [2.75, 3.05) is 0 Å². The molecule has 0 unspecified atom stereocenters. The molecule has 0 spiro atoms. The minimum Gasteiger partial charge on any atom is -0.478 e. The zero-order chi connectivity index (χ0) is 10.1. The molecule has 2 aromatic rings. The van der Waals surface area contributed by atoms with Gasteiger partial charge in [-0.2, -0.15) is 0 Å². The van der Waals surface area contributed by atoms with E-state index >= 15 is 0 Å². The highest BCUT2D eigenvalue weighted by Crippen LogP contribution is 2.24. The molecule has 1 aromatic heterocycles. The monoisotopic (exact) mass is 254 g/mol. The van der Waals surface area contributed by atoms with Crippen LogP contribution in [0.4, 0.5) is 0 Å². The molecule has 2 rings (SSSR count). The second-order valence-corrected chi connectivity index (χ2v) is 3.44. The SMILES string of the molecule is O=C(O)c1cccc2cc(CBr)oc12. The first-order valence-electron chi connectivity index (χ1n) is 4.03. The van der Waals surface area contributed by atoms with Gasteiger partial charge in [-0.15, -0.1) is 0 Å². The summed E-state index contributed by atoms with van der Waals surface area (Å²) in [5, 5.41) is 10.3. The van der Waals surface area contributed by atoms with Gasteiger partial charge in [0.15, 0.2) is 0 Å². The number of aromatic carboxylic acids is 1. The summed E-state index contributed by atoms with van der Waals surface area (Å²) in [5.41, 5.74) is 0.643. The first-order valence-corrected chi connectivity index (χ1v) is 5.15. The molecule has 0 atom stereocenters. The summed E-state index contributed by atoms with van der Waals surface area (Å²) in [6.07, 6.45) is 0. The van der Waals surface area contributed by atoms with Gasteiger partial charge in [0.05, 0.1) is 5.33 Å². The third kappa shape index (κ3) is 1.42. The number of alkyl halides is 1. The van der Waals surface area contributed by atoms with Crippen molar-refractivity contribution in [3.05, 3.63) is 35.6 Å². The van der Waals surface area contributed by atoms with Crippen LogP contribution in [0, 0.1) is 0 Å². The number of benzene rings is 1. The van der Waals surface area contributed by atoms with Crippen molar-refractivity contribution in [2.24, 2.45) is 0 Å². The highest BCUT2D eigenvalue weighted by Gasteiger charge is 2.12. The van der Waals surface area contributed by atoms with E-state index in [0.717, 1.165) is 11.1 Å². The van der Waals surface area contributed by atoms with E-state index in [1.807, 2.05) is 12.1 Å². The molecule has 0 bridgehead atoms. The molecule has 0 radical (unpaired) electrons. The highest BCUT2D eigenvalue weighted by molar-refractivity contribution is 9.08. The lowest BCUT2D eigenvalue weighted by atomic mass is 10.1. The van der Waals surface area contributed by atoms with Gasteiger partial charge in [0.25, 0.3) is 0 Å². The molecule has 14 heavy (non-hydrogen) atoms. The standard InChI is InChI=1S/C10H7BrO3/c11-5-7-4-6-2-1-3-8(10(12)13)9(6)14-7/h1-4H,5H2,(H,12,13). The number of halogens is 1. The van der Waals surface area contributed by atoms with Crippen LogP contribution in [0.3, 0.4) is 0 Å². The number of carboxylic acid groups (broad SMARTS) is 1. The average molecular weight is 255 g/mol. The molecular weight excluding hydrogens is 248 g/mol. The molecule has 4 heteroatoms. The van der Waals surface area contributed by atoms with Crippen molar-refractivity contribution >= 4 is 32.9 Å². The van der Waals surface area contributed by atoms with Gasteiger partial charge in [-0.1, -0.05) is 28.1 Å². The lowest BCUT2D eigenvalue weighted by Gasteiger charge is -1.94. The second kappa shape index (κ2) is 3.46. The summed E-state index contributed by atoms with van der Waals surface area (Å²) in [6, 6.07) is 6.90. The number of carbonyl (C=O) groups is 1. The topological polar surface area (TPSA) is 50.4 Å². The van der Waals surface area contributed by atoms with Gasteiger partial charge >= 0.3 is 5.97 Å². The van der Waals surface area contributed by atoms with Crippen molar-refractivity contribution in [1.29, 1.82) is 0 Å². The number of fused-ring (bicyclic) bond motifs is 1. The van der Waals surface area contributed by atoms with Crippen molar-refractivity contribution in [2.45, 2.75) is 5.33 Å². The number of hydrogen-bond donors (Lipinski definition) is 1. The third-order valence-electron chi connectivity index (χ3n) is 1.96. The minimum absolute atomic E-state index is 0.203. The molecule has 72 valence electrons. The van der Waals surface area contributed by atoms with Gasteiger partial charge in [-0.3, -0.25) is 0 Å². The van der Waals surface area contributed by atoms with Crippen LogP contribution >= 0.6 is 15.9 Å². The van der Waals surface area contributed by atoms with E-state index in [9.17, 15) is 4.79 Å². The smallest absolute Gasteiger partial charge is 0.339 e. The van der Waals surface area contributed by atoms with E-state index in [2.05, 4.69) is 15.9 Å². The lowest BCUT2D eigenvalue weighted by molar-refractivity contribution is 0.0698. The van der Waals surface area contributed by atoms with Crippen LogP contribution in [0.15, 0.2) is 28.7 Å². The molecule has 1 aromatic carbocycles. The van der Waals surface area contributed by atoms with Crippen molar-refractivity contribution in [3.63, 3.8) is 0 Å². The fourth-order valence-corrected chi connectivity index (χ4v) is 1.63. The first-order chi connectivity index (χ1) is 6.72. The Kier molecular flexibility index (Phi) is 2.29. The summed E-state index contributed by atoms with van der Waals surface area (Å²) >= 11 is 3.26. The van der Waals surface area contributed by atoms with Crippen molar-refractivity contribution in [1.82, 2.24) is 0 Å². The number of para-hydroxylation sites is 1. The van der Waals surface area contributed by atoms with Gasteiger partial charge < -0.3 is 9.52 Å². The van der Waals surface area contributed by atoms with Crippen LogP contribution in [0.2, 0.25) is 0 Å². The van der Waals surface area contributed by atoms with Gasteiger partial charge in [0.2, 0.25) is 0 Å². The van der Waals surface area contributed by atoms with E-state index in [1.165, 1.54) is 6.07 Å². The van der Waals surface area contributed by atoms with Gasteiger partial charge in [-0.05, 0) is 12.1 Å². The number of hydrogen-bond acceptors (Lipinski definition) is 2. The van der Waals surface area contributed by atoms with E-state index in [4.69, 9.17) is 9.52 Å². The summed E-state index contributed by atoms with van der Waals surface area (Å²) < 4.78 is 5.38. The lowest BCUT2D eigenvalue weighted by Crippen LogP contribution is -1.95. The predicted octanol–water partition coefficient (Wildman–Crippen LogP) is 3.03. The zero-order valence-corrected chi connectivity index (χ0v) is 8.74. The largest absolute Gasteiger partial charge is 0.478 e. The molecule has 3 nitrogen and oxygen atoms in total. The third-order valence-corrected chi connectivity index (χ3v) is 2.51. The first kappa shape index (κ1) is 9.27. The summed E-state index contributed by atoms with van der Waals surface area (Å²) in [6.45, 7) is 0. The second-order valence-electron chi connectivity index (χ2n) is 2.88. The van der Waals surface area contributed by atoms with Crippen molar-refractivity contribution < 1.29 is 14.3 Å². The molecule has 0 fully saturated rings. The molecule has 0 aliphatic rings. The molecule has 1 N–H and O–H groups in total. The van der Waals surface area contributed by atoms with Crippen LogP contribution in [-0.4, -0.2) is 11.1 Å². The minimum atomic E-state index is -0.967. The Balaban J connectivity index is 2.73. The maximum absolute atomic E-state index is 10.8. The quantitative estimate of drug-likeness (QED) is 0.839. The average Bonchev–Trinajstić information content (AvgIpc) is 2.59. The molecule has 1 heterocycles.